The van der Waals surface area contributed by atoms with Gasteiger partial charge in [-0.25, -0.2) is 0 Å². The van der Waals surface area contributed by atoms with Crippen molar-refractivity contribution in [2.24, 2.45) is 5.41 Å². The van der Waals surface area contributed by atoms with Crippen molar-refractivity contribution in [2.45, 2.75) is 52.5 Å². The molecule has 2 rings (SSSR count). The predicted octanol–water partition coefficient (Wildman–Crippen LogP) is 2.86. The van der Waals surface area contributed by atoms with Crippen molar-refractivity contribution in [3.63, 3.8) is 0 Å². The van der Waals surface area contributed by atoms with Gasteiger partial charge >= 0.3 is 0 Å². The topological polar surface area (TPSA) is 80.0 Å². The van der Waals surface area contributed by atoms with Crippen LogP contribution in [0.15, 0.2) is 0 Å². The van der Waals surface area contributed by atoms with Crippen molar-refractivity contribution < 1.29 is 4.79 Å². The van der Waals surface area contributed by atoms with Crippen LogP contribution in [0, 0.1) is 5.41 Å². The highest BCUT2D eigenvalue weighted by Crippen LogP contribution is 2.49. The fraction of sp³-hybridized carbons (Fsp3) is 0.714. The van der Waals surface area contributed by atoms with Crippen LogP contribution in [0.1, 0.15) is 56.8 Å². The molecule has 1 saturated carbocycles. The highest BCUT2D eigenvalue weighted by Gasteiger charge is 2.41. The standard InChI is InChI=1S/C14H24N4OS/c1-4-5-14(6-7-14)8-16-13-10(11(15)18-20-13)12(19)17-9(2)3/h9,16H,4-8H2,1-3H3,(H2,15,18)(H,17,19). The van der Waals surface area contributed by atoms with Crippen LogP contribution in [0.25, 0.3) is 0 Å². The van der Waals surface area contributed by atoms with Gasteiger partial charge in [0.2, 0.25) is 0 Å². The normalized spacial score (nSPS) is 16.2. The molecule has 0 aliphatic heterocycles. The van der Waals surface area contributed by atoms with Crippen LogP contribution in [0.5, 0.6) is 0 Å². The first kappa shape index (κ1) is 15.1. The van der Waals surface area contributed by atoms with E-state index in [2.05, 4.69) is 21.9 Å². The number of anilines is 2. The molecule has 112 valence electrons. The third-order valence-corrected chi connectivity index (χ3v) is 4.55. The molecule has 1 fully saturated rings. The molecule has 0 unspecified atom stereocenters. The Bertz CT molecular complexity index is 480. The Labute approximate surface area is 124 Å². The van der Waals surface area contributed by atoms with E-state index >= 15 is 0 Å². The molecule has 1 aliphatic rings. The van der Waals surface area contributed by atoms with Crippen molar-refractivity contribution >= 4 is 28.3 Å². The Kier molecular flexibility index (Phi) is 4.52. The van der Waals surface area contributed by atoms with Crippen LogP contribution in [0.3, 0.4) is 0 Å². The highest BCUT2D eigenvalue weighted by molar-refractivity contribution is 7.11. The number of aromatic nitrogens is 1. The average molecular weight is 296 g/mol. The maximum Gasteiger partial charge on any atom is 0.258 e. The Morgan fingerprint density at radius 3 is 2.75 bits per heavy atom. The first-order chi connectivity index (χ1) is 9.47. The number of carbonyl (C=O) groups is 1. The molecule has 1 heterocycles. The van der Waals surface area contributed by atoms with Gasteiger partial charge < -0.3 is 16.4 Å². The first-order valence-corrected chi connectivity index (χ1v) is 8.04. The fourth-order valence-electron chi connectivity index (χ4n) is 2.47. The summed E-state index contributed by atoms with van der Waals surface area (Å²) >= 11 is 1.27. The van der Waals surface area contributed by atoms with Crippen molar-refractivity contribution in [1.82, 2.24) is 9.69 Å². The molecule has 1 aromatic heterocycles. The fourth-order valence-corrected chi connectivity index (χ4v) is 3.17. The predicted molar refractivity (Wildman–Crippen MR) is 84.2 cm³/mol. The van der Waals surface area contributed by atoms with Gasteiger partial charge in [0.05, 0.1) is 0 Å². The molecule has 0 atom stereocenters. The second-order valence-corrected chi connectivity index (χ2v) is 6.78. The molecule has 6 heteroatoms. The zero-order valence-corrected chi connectivity index (χ0v) is 13.3. The SMILES string of the molecule is CCCC1(CNc2snc(N)c2C(=O)NC(C)C)CC1. The van der Waals surface area contributed by atoms with Gasteiger partial charge in [-0.05, 0) is 50.1 Å². The molecular weight excluding hydrogens is 272 g/mol. The lowest BCUT2D eigenvalue weighted by Crippen LogP contribution is -2.31. The Morgan fingerprint density at radius 1 is 1.50 bits per heavy atom. The smallest absolute Gasteiger partial charge is 0.258 e. The van der Waals surface area contributed by atoms with E-state index in [1.165, 1.54) is 37.2 Å². The summed E-state index contributed by atoms with van der Waals surface area (Å²) in [6, 6.07) is 0.0875. The maximum atomic E-state index is 12.2. The number of hydrogen-bond donors (Lipinski definition) is 3. The zero-order valence-electron chi connectivity index (χ0n) is 12.5. The van der Waals surface area contributed by atoms with Crippen LogP contribution in [0.2, 0.25) is 0 Å². The summed E-state index contributed by atoms with van der Waals surface area (Å²) in [7, 11) is 0. The lowest BCUT2D eigenvalue weighted by Gasteiger charge is -2.16. The van der Waals surface area contributed by atoms with Crippen molar-refractivity contribution in [2.75, 3.05) is 17.6 Å². The first-order valence-electron chi connectivity index (χ1n) is 7.27. The minimum absolute atomic E-state index is 0.0875. The quantitative estimate of drug-likeness (QED) is 0.723. The summed E-state index contributed by atoms with van der Waals surface area (Å²) in [5, 5.41) is 7.06. The number of hydrogen-bond acceptors (Lipinski definition) is 5. The molecule has 0 saturated heterocycles. The molecule has 0 spiro atoms. The van der Waals surface area contributed by atoms with Gasteiger partial charge in [-0.3, -0.25) is 4.79 Å². The Hall–Kier alpha value is -1.30. The number of amides is 1. The molecule has 20 heavy (non-hydrogen) atoms. The van der Waals surface area contributed by atoms with E-state index < -0.39 is 0 Å². The van der Waals surface area contributed by atoms with Crippen LogP contribution in [-0.4, -0.2) is 22.9 Å². The summed E-state index contributed by atoms with van der Waals surface area (Å²) in [5.74, 6) is 0.171. The summed E-state index contributed by atoms with van der Waals surface area (Å²) in [5.41, 5.74) is 6.76. The summed E-state index contributed by atoms with van der Waals surface area (Å²) in [6.07, 6.45) is 4.99. The molecular formula is C14H24N4OS. The number of nitrogen functional groups attached to an aromatic ring is 1. The van der Waals surface area contributed by atoms with Crippen molar-refractivity contribution in [1.29, 1.82) is 0 Å². The summed E-state index contributed by atoms with van der Waals surface area (Å²) in [4.78, 5) is 12.2. The molecule has 0 radical (unpaired) electrons. The minimum atomic E-state index is -0.144. The summed E-state index contributed by atoms with van der Waals surface area (Å²) < 4.78 is 4.11. The van der Waals surface area contributed by atoms with E-state index in [-0.39, 0.29) is 11.9 Å². The van der Waals surface area contributed by atoms with E-state index in [1.54, 1.807) is 0 Å². The second kappa shape index (κ2) is 5.99. The van der Waals surface area contributed by atoms with Crippen molar-refractivity contribution in [3.8, 4) is 0 Å². The van der Waals surface area contributed by atoms with Crippen LogP contribution >= 0.6 is 11.5 Å². The van der Waals surface area contributed by atoms with E-state index in [9.17, 15) is 4.79 Å². The number of nitrogens with one attached hydrogen (secondary N) is 2. The van der Waals surface area contributed by atoms with Crippen molar-refractivity contribution in [3.05, 3.63) is 5.56 Å². The zero-order chi connectivity index (χ0) is 14.8. The molecule has 0 bridgehead atoms. The minimum Gasteiger partial charge on any atom is -0.382 e. The lowest BCUT2D eigenvalue weighted by molar-refractivity contribution is 0.0945. The molecule has 5 nitrogen and oxygen atoms in total. The van der Waals surface area contributed by atoms with Crippen LogP contribution in [-0.2, 0) is 0 Å². The van der Waals surface area contributed by atoms with Gasteiger partial charge in [-0.15, -0.1) is 0 Å². The average Bonchev–Trinajstić information content (AvgIpc) is 3.02. The van der Waals surface area contributed by atoms with Gasteiger partial charge in [0, 0.05) is 12.6 Å². The number of nitrogens with zero attached hydrogens (tertiary/aromatic N) is 1. The van der Waals surface area contributed by atoms with Gasteiger partial charge in [0.1, 0.15) is 10.6 Å². The van der Waals surface area contributed by atoms with Gasteiger partial charge in [0.15, 0.2) is 5.82 Å². The van der Waals surface area contributed by atoms with Crippen LogP contribution in [0.4, 0.5) is 10.8 Å². The largest absolute Gasteiger partial charge is 0.382 e. The lowest BCUT2D eigenvalue weighted by atomic mass is 10.0. The Morgan fingerprint density at radius 2 is 2.20 bits per heavy atom. The van der Waals surface area contributed by atoms with E-state index in [1.807, 2.05) is 13.8 Å². The van der Waals surface area contributed by atoms with E-state index in [0.717, 1.165) is 11.5 Å². The Balaban J connectivity index is 2.03. The maximum absolute atomic E-state index is 12.2. The molecule has 0 aromatic carbocycles. The van der Waals surface area contributed by atoms with E-state index in [4.69, 9.17) is 5.73 Å². The third kappa shape index (κ3) is 3.42. The second-order valence-electron chi connectivity index (χ2n) is 6.00. The number of carbonyl (C=O) groups excluding carboxylic acids is 1. The molecule has 4 N–H and O–H groups in total. The highest BCUT2D eigenvalue weighted by atomic mass is 32.1. The summed E-state index contributed by atoms with van der Waals surface area (Å²) in [6.45, 7) is 6.99. The van der Waals surface area contributed by atoms with Crippen LogP contribution < -0.4 is 16.4 Å². The molecule has 1 aromatic rings. The van der Waals surface area contributed by atoms with E-state index in [0.29, 0.717) is 16.8 Å². The third-order valence-electron chi connectivity index (χ3n) is 3.73. The number of nitrogens with two attached hydrogens (primary N) is 1. The van der Waals surface area contributed by atoms with Gasteiger partial charge in [-0.1, -0.05) is 13.3 Å². The number of rotatable bonds is 7. The van der Waals surface area contributed by atoms with Gasteiger partial charge in [-0.2, -0.15) is 4.37 Å². The molecule has 1 amide bonds. The van der Waals surface area contributed by atoms with Gasteiger partial charge in [0.25, 0.3) is 5.91 Å². The monoisotopic (exact) mass is 296 g/mol. The molecule has 1 aliphatic carbocycles.